The summed E-state index contributed by atoms with van der Waals surface area (Å²) in [7, 11) is 0. The van der Waals surface area contributed by atoms with E-state index < -0.39 is 0 Å². The summed E-state index contributed by atoms with van der Waals surface area (Å²) < 4.78 is 0. The SMILES string of the molecule is CCCC(c1ccc(C(C)c2ccc(N)cc2C)cc1)c1ccc(C(C)c2ccc(N)cc2C)cc1. The normalized spacial score (nSPS) is 13.8. The van der Waals surface area contributed by atoms with Crippen LogP contribution in [0.1, 0.15) is 95.9 Å². The molecule has 0 amide bonds. The predicted octanol–water partition coefficient (Wildman–Crippen LogP) is 8.70. The first-order valence-corrected chi connectivity index (χ1v) is 13.2. The van der Waals surface area contributed by atoms with E-state index in [-0.39, 0.29) is 0 Å². The molecule has 0 radical (unpaired) electrons. The molecule has 0 saturated carbocycles. The van der Waals surface area contributed by atoms with Gasteiger partial charge in [0, 0.05) is 29.1 Å². The summed E-state index contributed by atoms with van der Waals surface area (Å²) in [6.07, 6.45) is 2.29. The van der Waals surface area contributed by atoms with Crippen LogP contribution in [0, 0.1) is 13.8 Å². The summed E-state index contributed by atoms with van der Waals surface area (Å²) in [5, 5.41) is 0. The Kier molecular flexibility index (Phi) is 7.84. The first kappa shape index (κ1) is 25.6. The third-order valence-corrected chi connectivity index (χ3v) is 7.78. The number of benzene rings is 4. The highest BCUT2D eigenvalue weighted by Gasteiger charge is 2.17. The van der Waals surface area contributed by atoms with Gasteiger partial charge in [0.1, 0.15) is 0 Å². The Hall–Kier alpha value is -3.52. The molecule has 0 saturated heterocycles. The van der Waals surface area contributed by atoms with Crippen LogP contribution in [-0.2, 0) is 0 Å². The fourth-order valence-electron chi connectivity index (χ4n) is 5.58. The summed E-state index contributed by atoms with van der Waals surface area (Å²) >= 11 is 0. The van der Waals surface area contributed by atoms with Crippen molar-refractivity contribution in [3.63, 3.8) is 0 Å². The predicted molar refractivity (Wildman–Crippen MR) is 156 cm³/mol. The zero-order chi connectivity index (χ0) is 25.8. The first-order valence-electron chi connectivity index (χ1n) is 13.2. The topological polar surface area (TPSA) is 52.0 Å². The van der Waals surface area contributed by atoms with Crippen LogP contribution in [-0.4, -0.2) is 0 Å². The van der Waals surface area contributed by atoms with Crippen LogP contribution in [0.25, 0.3) is 0 Å². The molecular formula is C34H40N2. The van der Waals surface area contributed by atoms with Gasteiger partial charge in [-0.1, -0.05) is 87.9 Å². The Morgan fingerprint density at radius 1 is 0.556 bits per heavy atom. The van der Waals surface area contributed by atoms with Crippen LogP contribution in [0.15, 0.2) is 84.9 Å². The molecule has 36 heavy (non-hydrogen) atoms. The monoisotopic (exact) mass is 476 g/mol. The van der Waals surface area contributed by atoms with Gasteiger partial charge in [-0.05, 0) is 89.0 Å². The number of rotatable bonds is 8. The maximum atomic E-state index is 5.97. The van der Waals surface area contributed by atoms with Gasteiger partial charge in [0.15, 0.2) is 0 Å². The molecule has 4 aromatic carbocycles. The van der Waals surface area contributed by atoms with E-state index in [1.807, 2.05) is 12.1 Å². The standard InChI is InChI=1S/C34H40N2/c1-6-7-34(28-12-8-26(9-13-28)24(4)32-18-16-30(35)20-22(32)2)29-14-10-27(11-15-29)25(5)33-19-17-31(36)21-23(33)3/h8-21,24-25,34H,6-7,35-36H2,1-5H3. The largest absolute Gasteiger partial charge is 0.399 e. The van der Waals surface area contributed by atoms with Crippen LogP contribution in [0.2, 0.25) is 0 Å². The molecule has 0 spiro atoms. The molecule has 0 fully saturated rings. The fourth-order valence-corrected chi connectivity index (χ4v) is 5.58. The highest BCUT2D eigenvalue weighted by molar-refractivity contribution is 5.49. The number of nitrogens with two attached hydrogens (primary N) is 2. The van der Waals surface area contributed by atoms with E-state index >= 15 is 0 Å². The smallest absolute Gasteiger partial charge is 0.0316 e. The Bertz CT molecular complexity index is 1200. The quantitative estimate of drug-likeness (QED) is 0.250. The average Bonchev–Trinajstić information content (AvgIpc) is 2.87. The Balaban J connectivity index is 1.56. The lowest BCUT2D eigenvalue weighted by molar-refractivity contribution is 0.697. The molecule has 0 bridgehead atoms. The van der Waals surface area contributed by atoms with Gasteiger partial charge >= 0.3 is 0 Å². The van der Waals surface area contributed by atoms with Crippen molar-refractivity contribution in [1.29, 1.82) is 0 Å². The molecular weight excluding hydrogens is 436 g/mol. The third-order valence-electron chi connectivity index (χ3n) is 7.78. The van der Waals surface area contributed by atoms with Gasteiger partial charge < -0.3 is 11.5 Å². The van der Waals surface area contributed by atoms with Gasteiger partial charge in [-0.15, -0.1) is 0 Å². The van der Waals surface area contributed by atoms with E-state index in [2.05, 4.69) is 107 Å². The lowest BCUT2D eigenvalue weighted by atomic mass is 9.83. The summed E-state index contributed by atoms with van der Waals surface area (Å²) in [5.41, 5.74) is 24.2. The first-order chi connectivity index (χ1) is 17.3. The molecule has 2 heteroatoms. The van der Waals surface area contributed by atoms with Crippen molar-refractivity contribution in [3.05, 3.63) is 129 Å². The Morgan fingerprint density at radius 3 is 1.25 bits per heavy atom. The molecule has 0 aliphatic heterocycles. The number of hydrogen-bond donors (Lipinski definition) is 2. The lowest BCUT2D eigenvalue weighted by Gasteiger charge is -2.21. The molecule has 4 N–H and O–H groups in total. The van der Waals surface area contributed by atoms with Crippen LogP contribution >= 0.6 is 0 Å². The maximum Gasteiger partial charge on any atom is 0.0316 e. The van der Waals surface area contributed by atoms with Crippen LogP contribution in [0.3, 0.4) is 0 Å². The Labute approximate surface area is 217 Å². The van der Waals surface area contributed by atoms with E-state index in [1.54, 1.807) is 0 Å². The van der Waals surface area contributed by atoms with E-state index in [0.29, 0.717) is 17.8 Å². The van der Waals surface area contributed by atoms with Crippen LogP contribution in [0.5, 0.6) is 0 Å². The molecule has 0 aliphatic carbocycles. The van der Waals surface area contributed by atoms with E-state index in [1.165, 1.54) is 44.5 Å². The number of anilines is 2. The van der Waals surface area contributed by atoms with Crippen molar-refractivity contribution in [2.75, 3.05) is 11.5 Å². The van der Waals surface area contributed by atoms with Crippen LogP contribution in [0.4, 0.5) is 11.4 Å². The zero-order valence-corrected chi connectivity index (χ0v) is 22.4. The van der Waals surface area contributed by atoms with Gasteiger partial charge in [0.2, 0.25) is 0 Å². The second-order valence-electron chi connectivity index (χ2n) is 10.4. The van der Waals surface area contributed by atoms with Gasteiger partial charge in [0.05, 0.1) is 0 Å². The molecule has 2 nitrogen and oxygen atoms in total. The second-order valence-corrected chi connectivity index (χ2v) is 10.4. The minimum atomic E-state index is 0.335. The summed E-state index contributed by atoms with van der Waals surface area (Å²) in [4.78, 5) is 0. The molecule has 4 rings (SSSR count). The number of hydrogen-bond acceptors (Lipinski definition) is 2. The molecule has 0 heterocycles. The van der Waals surface area contributed by atoms with Gasteiger partial charge in [-0.25, -0.2) is 0 Å². The average molecular weight is 477 g/mol. The van der Waals surface area contributed by atoms with Gasteiger partial charge in [-0.3, -0.25) is 0 Å². The molecule has 0 aromatic heterocycles. The summed E-state index contributed by atoms with van der Waals surface area (Å²) in [5.74, 6) is 1.07. The molecule has 2 atom stereocenters. The van der Waals surface area contributed by atoms with E-state index in [4.69, 9.17) is 11.5 Å². The van der Waals surface area contributed by atoms with E-state index in [0.717, 1.165) is 24.2 Å². The van der Waals surface area contributed by atoms with Crippen molar-refractivity contribution in [2.45, 2.75) is 65.2 Å². The van der Waals surface area contributed by atoms with Crippen molar-refractivity contribution in [1.82, 2.24) is 0 Å². The molecule has 186 valence electrons. The Morgan fingerprint density at radius 2 is 0.917 bits per heavy atom. The number of nitrogen functional groups attached to an aromatic ring is 2. The molecule has 2 unspecified atom stereocenters. The molecule has 4 aromatic rings. The highest BCUT2D eigenvalue weighted by atomic mass is 14.5. The number of aryl methyl sites for hydroxylation is 2. The van der Waals surface area contributed by atoms with Crippen molar-refractivity contribution in [3.8, 4) is 0 Å². The van der Waals surface area contributed by atoms with Gasteiger partial charge in [0.25, 0.3) is 0 Å². The van der Waals surface area contributed by atoms with Crippen molar-refractivity contribution >= 4 is 11.4 Å². The highest BCUT2D eigenvalue weighted by Crippen LogP contribution is 2.34. The minimum Gasteiger partial charge on any atom is -0.399 e. The lowest BCUT2D eigenvalue weighted by Crippen LogP contribution is -2.04. The van der Waals surface area contributed by atoms with Gasteiger partial charge in [-0.2, -0.15) is 0 Å². The molecule has 0 aliphatic rings. The third kappa shape index (κ3) is 5.49. The van der Waals surface area contributed by atoms with Crippen molar-refractivity contribution in [2.24, 2.45) is 0 Å². The maximum absolute atomic E-state index is 5.97. The van der Waals surface area contributed by atoms with Crippen LogP contribution < -0.4 is 11.5 Å². The minimum absolute atomic E-state index is 0.335. The summed E-state index contributed by atoms with van der Waals surface area (Å²) in [6, 6.07) is 31.0. The summed E-state index contributed by atoms with van der Waals surface area (Å²) in [6.45, 7) is 11.1. The second kappa shape index (κ2) is 11.0. The zero-order valence-electron chi connectivity index (χ0n) is 22.4. The van der Waals surface area contributed by atoms with Crippen molar-refractivity contribution < 1.29 is 0 Å². The fraction of sp³-hybridized carbons (Fsp3) is 0.294. The van der Waals surface area contributed by atoms with E-state index in [9.17, 15) is 0 Å².